The van der Waals surface area contributed by atoms with Crippen LogP contribution in [0.4, 0.5) is 0 Å². The molecule has 0 aliphatic carbocycles. The van der Waals surface area contributed by atoms with Gasteiger partial charge >= 0.3 is 0 Å². The average Bonchev–Trinajstić information content (AvgIpc) is 2.21. The molecule has 6 heteroatoms. The zero-order chi connectivity index (χ0) is 12.5. The van der Waals surface area contributed by atoms with E-state index in [4.69, 9.17) is 5.73 Å². The van der Waals surface area contributed by atoms with Crippen molar-refractivity contribution in [3.63, 3.8) is 0 Å². The lowest BCUT2D eigenvalue weighted by Gasteiger charge is -2.41. The minimum atomic E-state index is -1.03. The highest BCUT2D eigenvalue weighted by Crippen LogP contribution is 2.19. The third kappa shape index (κ3) is 2.06. The highest BCUT2D eigenvalue weighted by Gasteiger charge is 2.44. The minimum absolute atomic E-state index is 0.120. The van der Waals surface area contributed by atoms with Gasteiger partial charge in [-0.25, -0.2) is 0 Å². The maximum Gasteiger partial charge on any atom is 0.252 e. The molecule has 0 aromatic carbocycles. The number of nitrogens with zero attached hydrogens (tertiary/aromatic N) is 1. The van der Waals surface area contributed by atoms with Crippen molar-refractivity contribution in [1.82, 2.24) is 10.2 Å². The van der Waals surface area contributed by atoms with E-state index >= 15 is 0 Å². The number of amides is 3. The number of rotatable bonds is 2. The summed E-state index contributed by atoms with van der Waals surface area (Å²) in [4.78, 5) is 35.9. The van der Waals surface area contributed by atoms with Crippen LogP contribution in [-0.2, 0) is 14.4 Å². The molecule has 6 nitrogen and oxygen atoms in total. The van der Waals surface area contributed by atoms with Gasteiger partial charge in [0.25, 0.3) is 5.91 Å². The predicted molar refractivity (Wildman–Crippen MR) is 57.2 cm³/mol. The number of nitrogens with two attached hydrogens (primary N) is 1. The van der Waals surface area contributed by atoms with Crippen LogP contribution >= 0.6 is 0 Å². The molecule has 1 rings (SSSR count). The maximum absolute atomic E-state index is 11.9. The van der Waals surface area contributed by atoms with Gasteiger partial charge in [0.2, 0.25) is 11.8 Å². The number of hydrogen-bond acceptors (Lipinski definition) is 4. The van der Waals surface area contributed by atoms with Gasteiger partial charge in [0.05, 0.1) is 6.04 Å². The molecule has 0 saturated carbocycles. The zero-order valence-electron chi connectivity index (χ0n) is 9.74. The van der Waals surface area contributed by atoms with Gasteiger partial charge in [-0.1, -0.05) is 6.92 Å². The lowest BCUT2D eigenvalue weighted by molar-refractivity contribution is -0.156. The summed E-state index contributed by atoms with van der Waals surface area (Å²) in [6.45, 7) is 4.84. The molecular formula is C10H17N3O3. The van der Waals surface area contributed by atoms with Crippen molar-refractivity contribution < 1.29 is 14.4 Å². The fourth-order valence-electron chi connectivity index (χ4n) is 1.51. The van der Waals surface area contributed by atoms with Crippen molar-refractivity contribution >= 4 is 17.7 Å². The van der Waals surface area contributed by atoms with Crippen LogP contribution in [0.2, 0.25) is 0 Å². The van der Waals surface area contributed by atoms with E-state index in [0.717, 1.165) is 0 Å². The molecule has 0 spiro atoms. The van der Waals surface area contributed by atoms with E-state index in [2.05, 4.69) is 5.32 Å². The Morgan fingerprint density at radius 2 is 2.12 bits per heavy atom. The molecular weight excluding hydrogens is 210 g/mol. The van der Waals surface area contributed by atoms with E-state index in [1.54, 1.807) is 20.8 Å². The second kappa shape index (κ2) is 4.21. The molecule has 1 atom stereocenters. The second-order valence-corrected chi connectivity index (χ2v) is 4.38. The van der Waals surface area contributed by atoms with Crippen molar-refractivity contribution in [3.8, 4) is 0 Å². The summed E-state index contributed by atoms with van der Waals surface area (Å²) in [5.74, 6) is -1.31. The molecule has 90 valence electrons. The van der Waals surface area contributed by atoms with Crippen molar-refractivity contribution in [3.05, 3.63) is 0 Å². The Balaban J connectivity index is 2.96. The summed E-state index contributed by atoms with van der Waals surface area (Å²) in [5, 5.41) is 2.20. The normalized spacial score (nSPS) is 21.6. The molecule has 0 aromatic heterocycles. The fraction of sp³-hybridized carbons (Fsp3) is 0.700. The van der Waals surface area contributed by atoms with Crippen molar-refractivity contribution in [2.24, 2.45) is 5.73 Å². The number of carbonyl (C=O) groups excluding carboxylic acids is 3. The van der Waals surface area contributed by atoms with Gasteiger partial charge in [-0.2, -0.15) is 0 Å². The lowest BCUT2D eigenvalue weighted by atomic mass is 9.97. The van der Waals surface area contributed by atoms with E-state index in [0.29, 0.717) is 6.42 Å². The molecule has 1 fully saturated rings. The SMILES string of the molecule is CC[C@H](N)C(=O)N1CC(=O)NC(=O)C1(C)C. The van der Waals surface area contributed by atoms with Crippen molar-refractivity contribution in [2.75, 3.05) is 6.54 Å². The standard InChI is InChI=1S/C10H17N3O3/c1-4-6(11)8(15)13-5-7(14)12-9(16)10(13,2)3/h6H,4-5,11H2,1-3H3,(H,12,14,16)/t6-/m0/s1. The van der Waals surface area contributed by atoms with Crippen LogP contribution in [0.3, 0.4) is 0 Å². The van der Waals surface area contributed by atoms with E-state index in [1.165, 1.54) is 4.90 Å². The third-order valence-electron chi connectivity index (χ3n) is 2.81. The molecule has 1 aliphatic heterocycles. The van der Waals surface area contributed by atoms with Crippen LogP contribution in [0, 0.1) is 0 Å². The summed E-state index contributed by atoms with van der Waals surface area (Å²) in [6.07, 6.45) is 0.473. The number of piperazine rings is 1. The topological polar surface area (TPSA) is 92.5 Å². The first-order chi connectivity index (χ1) is 7.30. The summed E-state index contributed by atoms with van der Waals surface area (Å²) >= 11 is 0. The largest absolute Gasteiger partial charge is 0.320 e. The quantitative estimate of drug-likeness (QED) is 0.591. The summed E-state index contributed by atoms with van der Waals surface area (Å²) in [5.41, 5.74) is 4.60. The van der Waals surface area contributed by atoms with Crippen LogP contribution in [0.1, 0.15) is 27.2 Å². The Morgan fingerprint density at radius 3 is 2.62 bits per heavy atom. The zero-order valence-corrected chi connectivity index (χ0v) is 9.74. The Morgan fingerprint density at radius 1 is 1.56 bits per heavy atom. The molecule has 3 amide bonds. The van der Waals surface area contributed by atoms with Crippen molar-refractivity contribution in [1.29, 1.82) is 0 Å². The predicted octanol–water partition coefficient (Wildman–Crippen LogP) is -1.01. The van der Waals surface area contributed by atoms with Crippen LogP contribution in [0.5, 0.6) is 0 Å². The molecule has 0 unspecified atom stereocenters. The van der Waals surface area contributed by atoms with Gasteiger partial charge in [0.15, 0.2) is 0 Å². The molecule has 16 heavy (non-hydrogen) atoms. The van der Waals surface area contributed by atoms with E-state index in [9.17, 15) is 14.4 Å². The monoisotopic (exact) mass is 227 g/mol. The first-order valence-corrected chi connectivity index (χ1v) is 5.22. The van der Waals surface area contributed by atoms with Gasteiger partial charge in [0.1, 0.15) is 12.1 Å². The molecule has 0 bridgehead atoms. The number of hydrogen-bond donors (Lipinski definition) is 2. The van der Waals surface area contributed by atoms with Crippen LogP contribution in [0.15, 0.2) is 0 Å². The number of carbonyl (C=O) groups is 3. The van der Waals surface area contributed by atoms with Crippen LogP contribution in [0.25, 0.3) is 0 Å². The van der Waals surface area contributed by atoms with Gasteiger partial charge in [-0.15, -0.1) is 0 Å². The molecule has 3 N–H and O–H groups in total. The Hall–Kier alpha value is -1.43. The molecule has 1 aliphatic rings. The second-order valence-electron chi connectivity index (χ2n) is 4.38. The van der Waals surface area contributed by atoms with Crippen LogP contribution < -0.4 is 11.1 Å². The van der Waals surface area contributed by atoms with Gasteiger partial charge in [-0.05, 0) is 20.3 Å². The van der Waals surface area contributed by atoms with Crippen LogP contribution in [-0.4, -0.2) is 40.7 Å². The highest BCUT2D eigenvalue weighted by molar-refractivity contribution is 6.06. The number of imide groups is 1. The summed E-state index contributed by atoms with van der Waals surface area (Å²) in [7, 11) is 0. The first-order valence-electron chi connectivity index (χ1n) is 5.22. The minimum Gasteiger partial charge on any atom is -0.320 e. The lowest BCUT2D eigenvalue weighted by Crippen LogP contribution is -2.67. The Kier molecular flexibility index (Phi) is 3.32. The molecule has 1 heterocycles. The Labute approximate surface area is 94.2 Å². The van der Waals surface area contributed by atoms with Gasteiger partial charge in [-0.3, -0.25) is 19.7 Å². The first kappa shape index (κ1) is 12.6. The third-order valence-corrected chi connectivity index (χ3v) is 2.81. The van der Waals surface area contributed by atoms with E-state index in [1.807, 2.05) is 0 Å². The molecule has 1 saturated heterocycles. The molecule has 0 aromatic rings. The smallest absolute Gasteiger partial charge is 0.252 e. The van der Waals surface area contributed by atoms with E-state index in [-0.39, 0.29) is 12.5 Å². The number of nitrogens with one attached hydrogen (secondary N) is 1. The summed E-state index contributed by atoms with van der Waals surface area (Å²) < 4.78 is 0. The average molecular weight is 227 g/mol. The van der Waals surface area contributed by atoms with Crippen molar-refractivity contribution in [2.45, 2.75) is 38.8 Å². The fourth-order valence-corrected chi connectivity index (χ4v) is 1.51. The highest BCUT2D eigenvalue weighted by atomic mass is 16.2. The van der Waals surface area contributed by atoms with Gasteiger partial charge < -0.3 is 10.6 Å². The van der Waals surface area contributed by atoms with Gasteiger partial charge in [0, 0.05) is 0 Å². The maximum atomic E-state index is 11.9. The summed E-state index contributed by atoms with van der Waals surface area (Å²) in [6, 6.07) is -0.669. The Bertz CT molecular complexity index is 338. The molecule has 0 radical (unpaired) electrons. The van der Waals surface area contributed by atoms with E-state index < -0.39 is 23.4 Å².